The van der Waals surface area contributed by atoms with Crippen molar-refractivity contribution >= 4 is 5.97 Å². The summed E-state index contributed by atoms with van der Waals surface area (Å²) in [5, 5.41) is 10.3. The molecule has 21 heavy (non-hydrogen) atoms. The average Bonchev–Trinajstić information content (AvgIpc) is 2.68. The number of cyclic esters (lactones) is 1. The molecule has 1 saturated carbocycles. The predicted molar refractivity (Wildman–Crippen MR) is 78.4 cm³/mol. The molecule has 4 heteroatoms. The summed E-state index contributed by atoms with van der Waals surface area (Å²) in [7, 11) is 0. The van der Waals surface area contributed by atoms with Crippen molar-refractivity contribution in [3.05, 3.63) is 11.1 Å². The van der Waals surface area contributed by atoms with Crippen molar-refractivity contribution in [2.45, 2.75) is 65.8 Å². The van der Waals surface area contributed by atoms with Gasteiger partial charge in [-0.05, 0) is 42.9 Å². The Morgan fingerprint density at radius 2 is 2.05 bits per heavy atom. The van der Waals surface area contributed by atoms with E-state index in [2.05, 4.69) is 20.8 Å². The number of ether oxygens (including phenoxy) is 2. The molecule has 1 N–H and O–H groups in total. The van der Waals surface area contributed by atoms with Crippen molar-refractivity contribution < 1.29 is 19.4 Å². The Labute approximate surface area is 126 Å². The molecule has 0 radical (unpaired) electrons. The van der Waals surface area contributed by atoms with Gasteiger partial charge in [0.25, 0.3) is 0 Å². The second-order valence-corrected chi connectivity index (χ2v) is 7.58. The summed E-state index contributed by atoms with van der Waals surface area (Å²) in [6, 6.07) is 0. The van der Waals surface area contributed by atoms with Gasteiger partial charge in [-0.25, -0.2) is 4.79 Å². The number of fused-ring (bicyclic) bond motifs is 2. The van der Waals surface area contributed by atoms with Crippen LogP contribution in [0.5, 0.6) is 0 Å². The molecule has 0 amide bonds. The fourth-order valence-corrected chi connectivity index (χ4v) is 5.07. The van der Waals surface area contributed by atoms with Gasteiger partial charge in [-0.15, -0.1) is 0 Å². The molecule has 3 aliphatic rings. The van der Waals surface area contributed by atoms with Gasteiger partial charge in [0.1, 0.15) is 0 Å². The first kappa shape index (κ1) is 15.0. The Balaban J connectivity index is 2.12. The molecule has 0 aromatic carbocycles. The third-order valence-corrected chi connectivity index (χ3v) is 5.96. The van der Waals surface area contributed by atoms with Crippen molar-refractivity contribution in [2.24, 2.45) is 16.7 Å². The third-order valence-electron chi connectivity index (χ3n) is 5.96. The van der Waals surface area contributed by atoms with Gasteiger partial charge in [0.05, 0.1) is 11.7 Å². The number of rotatable bonds is 2. The molecule has 4 nitrogen and oxygen atoms in total. The van der Waals surface area contributed by atoms with Crippen LogP contribution in [-0.4, -0.2) is 30.1 Å². The van der Waals surface area contributed by atoms with Gasteiger partial charge in [0.2, 0.25) is 6.29 Å². The maximum Gasteiger partial charge on any atom is 0.339 e. The number of aliphatic hydroxyl groups is 1. The van der Waals surface area contributed by atoms with E-state index in [0.29, 0.717) is 18.1 Å². The van der Waals surface area contributed by atoms with E-state index in [-0.39, 0.29) is 22.9 Å². The molecule has 3 rings (SSSR count). The third kappa shape index (κ3) is 2.07. The Kier molecular flexibility index (Phi) is 3.45. The Hall–Kier alpha value is -0.870. The maximum absolute atomic E-state index is 12.2. The second kappa shape index (κ2) is 4.82. The molecule has 118 valence electrons. The number of hydrogen-bond acceptors (Lipinski definition) is 4. The monoisotopic (exact) mass is 294 g/mol. The summed E-state index contributed by atoms with van der Waals surface area (Å²) in [4.78, 5) is 12.2. The van der Waals surface area contributed by atoms with Crippen LogP contribution in [0.4, 0.5) is 0 Å². The zero-order valence-electron chi connectivity index (χ0n) is 13.4. The lowest BCUT2D eigenvalue weighted by Crippen LogP contribution is -2.50. The predicted octanol–water partition coefficient (Wildman–Crippen LogP) is 2.80. The van der Waals surface area contributed by atoms with Crippen molar-refractivity contribution in [1.82, 2.24) is 0 Å². The molecule has 2 aliphatic carbocycles. The summed E-state index contributed by atoms with van der Waals surface area (Å²) >= 11 is 0. The molecule has 1 fully saturated rings. The van der Waals surface area contributed by atoms with Gasteiger partial charge in [0, 0.05) is 12.2 Å². The lowest BCUT2D eigenvalue weighted by atomic mass is 9.50. The van der Waals surface area contributed by atoms with E-state index in [1.165, 1.54) is 6.42 Å². The van der Waals surface area contributed by atoms with Crippen molar-refractivity contribution in [2.75, 3.05) is 6.61 Å². The topological polar surface area (TPSA) is 55.8 Å². The standard InChI is InChI=1S/C17H26O4/c1-5-20-10-9-11-16(2,3)7-6-8-17(11,4)13-12(10)14(18)21-15(13)19/h10-11,15,19H,5-9H2,1-4H3. The summed E-state index contributed by atoms with van der Waals surface area (Å²) in [5.74, 6) is 0.0113. The molecule has 1 heterocycles. The van der Waals surface area contributed by atoms with E-state index in [1.807, 2.05) is 6.92 Å². The van der Waals surface area contributed by atoms with Crippen LogP contribution < -0.4 is 0 Å². The molecule has 0 saturated heterocycles. The largest absolute Gasteiger partial charge is 0.428 e. The van der Waals surface area contributed by atoms with Crippen molar-refractivity contribution in [3.8, 4) is 0 Å². The molecule has 0 spiro atoms. The van der Waals surface area contributed by atoms with Gasteiger partial charge in [0.15, 0.2) is 0 Å². The number of aliphatic hydroxyl groups excluding tert-OH is 1. The number of esters is 1. The highest BCUT2D eigenvalue weighted by atomic mass is 16.6. The van der Waals surface area contributed by atoms with Gasteiger partial charge in [-0.2, -0.15) is 0 Å². The zero-order valence-corrected chi connectivity index (χ0v) is 13.4. The SMILES string of the molecule is CCOC1CC2C(C)(C)CCCC2(C)C2=C1C(=O)OC2O. The fourth-order valence-electron chi connectivity index (χ4n) is 5.07. The lowest BCUT2D eigenvalue weighted by molar-refractivity contribution is -0.153. The molecule has 1 aliphatic heterocycles. The lowest BCUT2D eigenvalue weighted by Gasteiger charge is -2.55. The molecule has 4 atom stereocenters. The average molecular weight is 294 g/mol. The first-order chi connectivity index (χ1) is 9.81. The van der Waals surface area contributed by atoms with Crippen molar-refractivity contribution in [3.63, 3.8) is 0 Å². The first-order valence-electron chi connectivity index (χ1n) is 8.06. The first-order valence-corrected chi connectivity index (χ1v) is 8.06. The molecule has 0 aromatic rings. The summed E-state index contributed by atoms with van der Waals surface area (Å²) in [6.07, 6.45) is 2.84. The van der Waals surface area contributed by atoms with Gasteiger partial charge >= 0.3 is 5.97 Å². The minimum atomic E-state index is -1.09. The van der Waals surface area contributed by atoms with Crippen LogP contribution in [0.1, 0.15) is 53.4 Å². The Morgan fingerprint density at radius 3 is 2.71 bits per heavy atom. The van der Waals surface area contributed by atoms with E-state index in [1.54, 1.807) is 0 Å². The fraction of sp³-hybridized carbons (Fsp3) is 0.824. The highest BCUT2D eigenvalue weighted by Crippen LogP contribution is 2.61. The number of hydrogen-bond donors (Lipinski definition) is 1. The Morgan fingerprint density at radius 1 is 1.33 bits per heavy atom. The van der Waals surface area contributed by atoms with E-state index < -0.39 is 6.29 Å². The minimum absolute atomic E-state index is 0.156. The van der Waals surface area contributed by atoms with Gasteiger partial charge in [-0.1, -0.05) is 27.2 Å². The normalized spacial score (nSPS) is 41.6. The number of carbonyl (C=O) groups excluding carboxylic acids is 1. The van der Waals surface area contributed by atoms with E-state index in [9.17, 15) is 9.90 Å². The van der Waals surface area contributed by atoms with Gasteiger partial charge in [-0.3, -0.25) is 0 Å². The van der Waals surface area contributed by atoms with Crippen LogP contribution in [-0.2, 0) is 14.3 Å². The molecule has 0 aromatic heterocycles. The van der Waals surface area contributed by atoms with Crippen LogP contribution in [0.25, 0.3) is 0 Å². The van der Waals surface area contributed by atoms with E-state index in [0.717, 1.165) is 24.8 Å². The molecule has 0 bridgehead atoms. The van der Waals surface area contributed by atoms with Crippen LogP contribution >= 0.6 is 0 Å². The van der Waals surface area contributed by atoms with Crippen LogP contribution in [0.3, 0.4) is 0 Å². The highest BCUT2D eigenvalue weighted by molar-refractivity contribution is 5.94. The smallest absolute Gasteiger partial charge is 0.339 e. The second-order valence-electron chi connectivity index (χ2n) is 7.58. The van der Waals surface area contributed by atoms with Crippen LogP contribution in [0.15, 0.2) is 11.1 Å². The summed E-state index contributed by atoms with van der Waals surface area (Å²) in [6.45, 7) is 9.30. The summed E-state index contributed by atoms with van der Waals surface area (Å²) in [5.41, 5.74) is 1.43. The quantitative estimate of drug-likeness (QED) is 0.796. The van der Waals surface area contributed by atoms with Crippen LogP contribution in [0.2, 0.25) is 0 Å². The summed E-state index contributed by atoms with van der Waals surface area (Å²) < 4.78 is 11.0. The van der Waals surface area contributed by atoms with E-state index in [4.69, 9.17) is 9.47 Å². The maximum atomic E-state index is 12.2. The zero-order chi connectivity index (χ0) is 15.4. The molecule has 4 unspecified atom stereocenters. The van der Waals surface area contributed by atoms with Crippen LogP contribution in [0, 0.1) is 16.7 Å². The minimum Gasteiger partial charge on any atom is -0.428 e. The molecular formula is C17H26O4. The Bertz CT molecular complexity index is 493. The van der Waals surface area contributed by atoms with Crippen molar-refractivity contribution in [1.29, 1.82) is 0 Å². The van der Waals surface area contributed by atoms with E-state index >= 15 is 0 Å². The number of carbonyl (C=O) groups is 1. The highest BCUT2D eigenvalue weighted by Gasteiger charge is 2.58. The van der Waals surface area contributed by atoms with Gasteiger partial charge < -0.3 is 14.6 Å². The molecular weight excluding hydrogens is 268 g/mol.